The van der Waals surface area contributed by atoms with E-state index in [0.29, 0.717) is 5.82 Å². The molecule has 0 radical (unpaired) electrons. The van der Waals surface area contributed by atoms with E-state index in [9.17, 15) is 0 Å². The molecular formula is C9H10N4. The highest BCUT2D eigenvalue weighted by Crippen LogP contribution is 2.14. The molecule has 0 aliphatic rings. The predicted octanol–water partition coefficient (Wildman–Crippen LogP) is 1.19. The van der Waals surface area contributed by atoms with Crippen LogP contribution in [0.1, 0.15) is 5.56 Å². The Kier molecular flexibility index (Phi) is 1.81. The molecule has 0 spiro atoms. The number of hydrogen-bond acceptors (Lipinski definition) is 3. The normalized spacial score (nSPS) is 10.3. The Hall–Kier alpha value is -1.71. The summed E-state index contributed by atoms with van der Waals surface area (Å²) in [6.07, 6.45) is 0. The van der Waals surface area contributed by atoms with Gasteiger partial charge in [-0.15, -0.1) is 10.2 Å². The average Bonchev–Trinajstić information content (AvgIpc) is 2.52. The summed E-state index contributed by atoms with van der Waals surface area (Å²) in [5.41, 5.74) is 2.21. The van der Waals surface area contributed by atoms with Crippen molar-refractivity contribution in [1.82, 2.24) is 20.2 Å². The zero-order chi connectivity index (χ0) is 9.26. The van der Waals surface area contributed by atoms with Crippen LogP contribution in [0.15, 0.2) is 24.3 Å². The highest BCUT2D eigenvalue weighted by Gasteiger charge is 2.02. The molecule has 1 heterocycles. The number of benzene rings is 1. The van der Waals surface area contributed by atoms with Crippen LogP contribution >= 0.6 is 0 Å². The Labute approximate surface area is 76.2 Å². The van der Waals surface area contributed by atoms with Crippen molar-refractivity contribution in [3.63, 3.8) is 0 Å². The lowest BCUT2D eigenvalue weighted by Crippen LogP contribution is -1.91. The second kappa shape index (κ2) is 2.97. The van der Waals surface area contributed by atoms with Crippen molar-refractivity contribution >= 4 is 0 Å². The summed E-state index contributed by atoms with van der Waals surface area (Å²) < 4.78 is 0. The number of rotatable bonds is 1. The standard InChI is InChI=1S/C9H10N4/c1-7-4-3-5-8(6-7)9-10-12-13(2)11-9/h3-6H,1-2H3. The molecule has 0 N–H and O–H groups in total. The van der Waals surface area contributed by atoms with Crippen molar-refractivity contribution in [3.05, 3.63) is 29.8 Å². The second-order valence-electron chi connectivity index (χ2n) is 2.97. The van der Waals surface area contributed by atoms with Gasteiger partial charge in [-0.25, -0.2) is 0 Å². The third kappa shape index (κ3) is 1.56. The SMILES string of the molecule is Cc1cccc(-c2nnn(C)n2)c1. The first kappa shape index (κ1) is 7.91. The molecule has 0 atom stereocenters. The molecule has 0 saturated carbocycles. The number of tetrazole rings is 1. The van der Waals surface area contributed by atoms with Crippen LogP contribution in [-0.2, 0) is 7.05 Å². The van der Waals surface area contributed by atoms with E-state index >= 15 is 0 Å². The summed E-state index contributed by atoms with van der Waals surface area (Å²) in [5.74, 6) is 0.672. The molecule has 0 saturated heterocycles. The van der Waals surface area contributed by atoms with Gasteiger partial charge in [-0.05, 0) is 18.2 Å². The van der Waals surface area contributed by atoms with Crippen LogP contribution in [0.5, 0.6) is 0 Å². The molecule has 0 fully saturated rings. The molecule has 1 aromatic heterocycles. The Balaban J connectivity index is 2.46. The minimum absolute atomic E-state index is 0.672. The topological polar surface area (TPSA) is 43.6 Å². The van der Waals surface area contributed by atoms with Crippen molar-refractivity contribution < 1.29 is 0 Å². The highest BCUT2D eigenvalue weighted by molar-refractivity contribution is 5.54. The number of aryl methyl sites for hydroxylation is 2. The van der Waals surface area contributed by atoms with Crippen molar-refractivity contribution in [2.45, 2.75) is 6.92 Å². The van der Waals surface area contributed by atoms with Crippen LogP contribution in [0.2, 0.25) is 0 Å². The van der Waals surface area contributed by atoms with Crippen molar-refractivity contribution in [1.29, 1.82) is 0 Å². The Morgan fingerprint density at radius 2 is 2.15 bits per heavy atom. The Bertz CT molecular complexity index is 419. The minimum Gasteiger partial charge on any atom is -0.167 e. The molecule has 0 aliphatic heterocycles. The van der Waals surface area contributed by atoms with Gasteiger partial charge < -0.3 is 0 Å². The fraction of sp³-hybridized carbons (Fsp3) is 0.222. The summed E-state index contributed by atoms with van der Waals surface area (Å²) >= 11 is 0. The number of nitrogens with zero attached hydrogens (tertiary/aromatic N) is 4. The van der Waals surface area contributed by atoms with Gasteiger partial charge >= 0.3 is 0 Å². The molecule has 2 aromatic rings. The first-order chi connectivity index (χ1) is 6.25. The molecular weight excluding hydrogens is 164 g/mol. The summed E-state index contributed by atoms with van der Waals surface area (Å²) in [6.45, 7) is 2.04. The maximum Gasteiger partial charge on any atom is 0.204 e. The predicted molar refractivity (Wildman–Crippen MR) is 49.0 cm³/mol. The molecule has 66 valence electrons. The summed E-state index contributed by atoms with van der Waals surface area (Å²) in [6, 6.07) is 8.04. The molecule has 13 heavy (non-hydrogen) atoms. The van der Waals surface area contributed by atoms with Gasteiger partial charge in [-0.3, -0.25) is 0 Å². The van der Waals surface area contributed by atoms with Gasteiger partial charge in [-0.2, -0.15) is 4.80 Å². The smallest absolute Gasteiger partial charge is 0.167 e. The Morgan fingerprint density at radius 3 is 2.77 bits per heavy atom. The van der Waals surface area contributed by atoms with Crippen molar-refractivity contribution in [2.75, 3.05) is 0 Å². The zero-order valence-electron chi connectivity index (χ0n) is 7.60. The van der Waals surface area contributed by atoms with Crippen LogP contribution in [-0.4, -0.2) is 20.2 Å². The highest BCUT2D eigenvalue weighted by atomic mass is 15.6. The van der Waals surface area contributed by atoms with Gasteiger partial charge in [0.25, 0.3) is 0 Å². The molecule has 2 rings (SSSR count). The third-order valence-electron chi connectivity index (χ3n) is 1.78. The lowest BCUT2D eigenvalue weighted by Gasteiger charge is -1.94. The van der Waals surface area contributed by atoms with Crippen LogP contribution < -0.4 is 0 Å². The summed E-state index contributed by atoms with van der Waals surface area (Å²) in [7, 11) is 1.76. The van der Waals surface area contributed by atoms with Crippen LogP contribution in [0.3, 0.4) is 0 Å². The first-order valence-electron chi connectivity index (χ1n) is 4.07. The van der Waals surface area contributed by atoms with E-state index in [1.54, 1.807) is 7.05 Å². The second-order valence-corrected chi connectivity index (χ2v) is 2.97. The summed E-state index contributed by atoms with van der Waals surface area (Å²) in [5, 5.41) is 11.8. The lowest BCUT2D eigenvalue weighted by atomic mass is 10.1. The van der Waals surface area contributed by atoms with Crippen LogP contribution in [0, 0.1) is 6.92 Å². The van der Waals surface area contributed by atoms with Gasteiger partial charge in [0.1, 0.15) is 0 Å². The fourth-order valence-corrected chi connectivity index (χ4v) is 1.18. The molecule has 1 aromatic carbocycles. The van der Waals surface area contributed by atoms with Crippen LogP contribution in [0.4, 0.5) is 0 Å². The summed E-state index contributed by atoms with van der Waals surface area (Å²) in [4.78, 5) is 1.46. The van der Waals surface area contributed by atoms with E-state index in [-0.39, 0.29) is 0 Å². The Morgan fingerprint density at radius 1 is 1.31 bits per heavy atom. The molecule has 4 nitrogen and oxygen atoms in total. The molecule has 0 bridgehead atoms. The van der Waals surface area contributed by atoms with Gasteiger partial charge in [0.05, 0.1) is 7.05 Å². The van der Waals surface area contributed by atoms with E-state index in [1.807, 2.05) is 31.2 Å². The van der Waals surface area contributed by atoms with Gasteiger partial charge in [-0.1, -0.05) is 23.8 Å². The average molecular weight is 174 g/mol. The monoisotopic (exact) mass is 174 g/mol. The largest absolute Gasteiger partial charge is 0.204 e. The minimum atomic E-state index is 0.672. The number of aromatic nitrogens is 4. The quantitative estimate of drug-likeness (QED) is 0.652. The molecule has 0 aliphatic carbocycles. The van der Waals surface area contributed by atoms with E-state index in [4.69, 9.17) is 0 Å². The van der Waals surface area contributed by atoms with Crippen molar-refractivity contribution in [2.24, 2.45) is 7.05 Å². The molecule has 4 heteroatoms. The van der Waals surface area contributed by atoms with E-state index in [2.05, 4.69) is 15.4 Å². The van der Waals surface area contributed by atoms with E-state index in [0.717, 1.165) is 5.56 Å². The van der Waals surface area contributed by atoms with E-state index in [1.165, 1.54) is 10.4 Å². The molecule has 0 unspecified atom stereocenters. The zero-order valence-corrected chi connectivity index (χ0v) is 7.60. The van der Waals surface area contributed by atoms with Gasteiger partial charge in [0.15, 0.2) is 0 Å². The maximum atomic E-state index is 4.12. The lowest BCUT2D eigenvalue weighted by molar-refractivity contribution is 0.630. The van der Waals surface area contributed by atoms with Gasteiger partial charge in [0.2, 0.25) is 5.82 Å². The van der Waals surface area contributed by atoms with Crippen molar-refractivity contribution in [3.8, 4) is 11.4 Å². The number of hydrogen-bond donors (Lipinski definition) is 0. The maximum absolute atomic E-state index is 4.12. The fourth-order valence-electron chi connectivity index (χ4n) is 1.18. The van der Waals surface area contributed by atoms with E-state index < -0.39 is 0 Å². The first-order valence-corrected chi connectivity index (χ1v) is 4.07. The van der Waals surface area contributed by atoms with Gasteiger partial charge in [0, 0.05) is 5.56 Å². The third-order valence-corrected chi connectivity index (χ3v) is 1.78. The van der Waals surface area contributed by atoms with Crippen LogP contribution in [0.25, 0.3) is 11.4 Å². The molecule has 0 amide bonds.